The average Bonchev–Trinajstić information content (AvgIpc) is 2.84. The number of sulfonamides is 1. The van der Waals surface area contributed by atoms with E-state index in [0.29, 0.717) is 37.8 Å². The maximum Gasteiger partial charge on any atom is 0.273 e. The fourth-order valence-corrected chi connectivity index (χ4v) is 4.05. The Morgan fingerprint density at radius 3 is 2.48 bits per heavy atom. The van der Waals surface area contributed by atoms with Gasteiger partial charge in [-0.3, -0.25) is 4.79 Å². The van der Waals surface area contributed by atoms with Gasteiger partial charge in [0.1, 0.15) is 5.69 Å². The van der Waals surface area contributed by atoms with Crippen LogP contribution in [0.4, 0.5) is 0 Å². The van der Waals surface area contributed by atoms with Crippen molar-refractivity contribution in [2.75, 3.05) is 32.4 Å². The van der Waals surface area contributed by atoms with Gasteiger partial charge in [-0.05, 0) is 5.92 Å². The van der Waals surface area contributed by atoms with Crippen molar-refractivity contribution in [2.45, 2.75) is 20.3 Å². The molecule has 0 atom stereocenters. The first-order valence-electron chi connectivity index (χ1n) is 6.96. The smallest absolute Gasteiger partial charge is 0.273 e. The number of hydrogen-bond acceptors (Lipinski definition) is 5. The zero-order chi connectivity index (χ0) is 15.6. The summed E-state index contributed by atoms with van der Waals surface area (Å²) in [6.45, 7) is 5.79. The van der Waals surface area contributed by atoms with Crippen molar-refractivity contribution in [3.63, 3.8) is 0 Å². The molecule has 1 aromatic rings. The molecule has 0 N–H and O–H groups in total. The fourth-order valence-electron chi connectivity index (χ4n) is 2.24. The van der Waals surface area contributed by atoms with E-state index in [1.165, 1.54) is 21.9 Å². The summed E-state index contributed by atoms with van der Waals surface area (Å²) in [7, 11) is -3.17. The van der Waals surface area contributed by atoms with Crippen LogP contribution in [-0.4, -0.2) is 60.9 Å². The molecule has 8 heteroatoms. The first-order valence-corrected chi connectivity index (χ1v) is 9.69. The lowest BCUT2D eigenvalue weighted by molar-refractivity contribution is 0.0693. The van der Waals surface area contributed by atoms with E-state index in [2.05, 4.69) is 18.8 Å². The molecule has 0 aliphatic carbocycles. The van der Waals surface area contributed by atoms with Gasteiger partial charge in [-0.1, -0.05) is 13.8 Å². The molecule has 0 unspecified atom stereocenters. The molecule has 118 valence electrons. The normalized spacial score (nSPS) is 17.4. The lowest BCUT2D eigenvalue weighted by Crippen LogP contribution is -2.50. The van der Waals surface area contributed by atoms with Crippen LogP contribution in [0.25, 0.3) is 0 Å². The maximum absolute atomic E-state index is 12.4. The van der Waals surface area contributed by atoms with Crippen molar-refractivity contribution in [3.05, 3.63) is 16.1 Å². The van der Waals surface area contributed by atoms with Crippen molar-refractivity contribution in [1.29, 1.82) is 0 Å². The Balaban J connectivity index is 1.97. The Morgan fingerprint density at radius 2 is 1.95 bits per heavy atom. The summed E-state index contributed by atoms with van der Waals surface area (Å²) in [5, 5.41) is 2.77. The van der Waals surface area contributed by atoms with E-state index < -0.39 is 10.0 Å². The van der Waals surface area contributed by atoms with Gasteiger partial charge in [-0.15, -0.1) is 11.3 Å². The Bertz CT molecular complexity index is 602. The largest absolute Gasteiger partial charge is 0.335 e. The molecule has 0 spiro atoms. The molecule has 2 rings (SSSR count). The van der Waals surface area contributed by atoms with Crippen LogP contribution in [0.15, 0.2) is 5.38 Å². The summed E-state index contributed by atoms with van der Waals surface area (Å²) in [5.41, 5.74) is 0.475. The minimum Gasteiger partial charge on any atom is -0.335 e. The van der Waals surface area contributed by atoms with Crippen LogP contribution in [0.1, 0.15) is 29.3 Å². The minimum atomic E-state index is -3.17. The Kier molecular flexibility index (Phi) is 5.00. The zero-order valence-electron chi connectivity index (χ0n) is 12.6. The topological polar surface area (TPSA) is 70.6 Å². The highest BCUT2D eigenvalue weighted by molar-refractivity contribution is 7.88. The van der Waals surface area contributed by atoms with Crippen LogP contribution in [-0.2, 0) is 16.4 Å². The van der Waals surface area contributed by atoms with Crippen LogP contribution in [0.2, 0.25) is 0 Å². The molecule has 0 radical (unpaired) electrons. The van der Waals surface area contributed by atoms with E-state index in [9.17, 15) is 13.2 Å². The predicted molar refractivity (Wildman–Crippen MR) is 83.0 cm³/mol. The summed E-state index contributed by atoms with van der Waals surface area (Å²) < 4.78 is 24.3. The quantitative estimate of drug-likeness (QED) is 0.827. The number of nitrogens with zero attached hydrogens (tertiary/aromatic N) is 3. The third kappa shape index (κ3) is 4.24. The maximum atomic E-state index is 12.4. The standard InChI is InChI=1S/C13H21N3O3S2/c1-10(2)8-12-14-11(9-20-12)13(17)15-4-6-16(7-5-15)21(3,18)19/h9-10H,4-8H2,1-3H3. The molecule has 1 aliphatic heterocycles. The van der Waals surface area contributed by atoms with Gasteiger partial charge in [-0.25, -0.2) is 13.4 Å². The van der Waals surface area contributed by atoms with E-state index in [-0.39, 0.29) is 5.91 Å². The molecule has 6 nitrogen and oxygen atoms in total. The second kappa shape index (κ2) is 6.41. The van der Waals surface area contributed by atoms with Gasteiger partial charge in [0.2, 0.25) is 10.0 Å². The molecule has 1 saturated heterocycles. The lowest BCUT2D eigenvalue weighted by atomic mass is 10.1. The molecule has 1 aromatic heterocycles. The second-order valence-electron chi connectivity index (χ2n) is 5.68. The van der Waals surface area contributed by atoms with Gasteiger partial charge in [0, 0.05) is 38.0 Å². The Labute approximate surface area is 129 Å². The first-order chi connectivity index (χ1) is 9.77. The molecule has 0 saturated carbocycles. The van der Waals surface area contributed by atoms with E-state index in [1.807, 2.05) is 0 Å². The van der Waals surface area contributed by atoms with Crippen LogP contribution in [0.5, 0.6) is 0 Å². The molecule has 0 aromatic carbocycles. The van der Waals surface area contributed by atoms with Crippen molar-refractivity contribution in [1.82, 2.24) is 14.2 Å². The minimum absolute atomic E-state index is 0.102. The molecule has 0 bridgehead atoms. The van der Waals surface area contributed by atoms with Gasteiger partial charge in [0.05, 0.1) is 11.3 Å². The van der Waals surface area contributed by atoms with E-state index in [1.54, 1.807) is 10.3 Å². The highest BCUT2D eigenvalue weighted by Gasteiger charge is 2.27. The third-order valence-electron chi connectivity index (χ3n) is 3.35. The van der Waals surface area contributed by atoms with Gasteiger partial charge in [0.25, 0.3) is 5.91 Å². The van der Waals surface area contributed by atoms with Crippen molar-refractivity contribution in [2.24, 2.45) is 5.92 Å². The molecule has 1 aliphatic rings. The number of amides is 1. The monoisotopic (exact) mass is 331 g/mol. The number of thiazole rings is 1. The van der Waals surface area contributed by atoms with Crippen LogP contribution < -0.4 is 0 Å². The van der Waals surface area contributed by atoms with E-state index >= 15 is 0 Å². The summed E-state index contributed by atoms with van der Waals surface area (Å²) in [6, 6.07) is 0. The summed E-state index contributed by atoms with van der Waals surface area (Å²) in [6.07, 6.45) is 2.07. The van der Waals surface area contributed by atoms with Crippen molar-refractivity contribution >= 4 is 27.3 Å². The number of piperazine rings is 1. The number of aromatic nitrogens is 1. The highest BCUT2D eigenvalue weighted by Crippen LogP contribution is 2.17. The molecule has 1 fully saturated rings. The number of rotatable bonds is 4. The summed E-state index contributed by atoms with van der Waals surface area (Å²) in [4.78, 5) is 18.4. The summed E-state index contributed by atoms with van der Waals surface area (Å²) >= 11 is 1.51. The van der Waals surface area contributed by atoms with Crippen molar-refractivity contribution < 1.29 is 13.2 Å². The van der Waals surface area contributed by atoms with Gasteiger partial charge < -0.3 is 4.90 Å². The van der Waals surface area contributed by atoms with Crippen molar-refractivity contribution in [3.8, 4) is 0 Å². The molecular formula is C13H21N3O3S2. The van der Waals surface area contributed by atoms with Crippen LogP contribution >= 0.6 is 11.3 Å². The van der Waals surface area contributed by atoms with Crippen LogP contribution in [0, 0.1) is 5.92 Å². The molecule has 2 heterocycles. The number of carbonyl (C=O) groups is 1. The number of hydrogen-bond donors (Lipinski definition) is 0. The molecular weight excluding hydrogens is 310 g/mol. The van der Waals surface area contributed by atoms with Crippen LogP contribution in [0.3, 0.4) is 0 Å². The zero-order valence-corrected chi connectivity index (χ0v) is 14.2. The highest BCUT2D eigenvalue weighted by atomic mass is 32.2. The summed E-state index contributed by atoms with van der Waals surface area (Å²) in [5.74, 6) is 0.409. The number of carbonyl (C=O) groups excluding carboxylic acids is 1. The van der Waals surface area contributed by atoms with E-state index in [4.69, 9.17) is 0 Å². The van der Waals surface area contributed by atoms with Gasteiger partial charge in [-0.2, -0.15) is 4.31 Å². The predicted octanol–water partition coefficient (Wildman–Crippen LogP) is 1.06. The molecule has 1 amide bonds. The average molecular weight is 331 g/mol. The molecule has 21 heavy (non-hydrogen) atoms. The van der Waals surface area contributed by atoms with Gasteiger partial charge >= 0.3 is 0 Å². The fraction of sp³-hybridized carbons (Fsp3) is 0.692. The lowest BCUT2D eigenvalue weighted by Gasteiger charge is -2.32. The van der Waals surface area contributed by atoms with E-state index in [0.717, 1.165) is 11.4 Å². The Hall–Kier alpha value is -0.990. The third-order valence-corrected chi connectivity index (χ3v) is 5.52. The second-order valence-corrected chi connectivity index (χ2v) is 8.60. The first kappa shape index (κ1) is 16.4. The van der Waals surface area contributed by atoms with Gasteiger partial charge in [0.15, 0.2) is 0 Å². The Morgan fingerprint density at radius 1 is 1.33 bits per heavy atom. The SMILES string of the molecule is CC(C)Cc1nc(C(=O)N2CCN(S(C)(=O)=O)CC2)cs1.